The summed E-state index contributed by atoms with van der Waals surface area (Å²) in [5.41, 5.74) is 1.42. The van der Waals surface area contributed by atoms with Crippen LogP contribution >= 0.6 is 0 Å². The highest BCUT2D eigenvalue weighted by Crippen LogP contribution is 2.26. The molecular formula is C12H9N3O2. The first-order valence-electron chi connectivity index (χ1n) is 5.09. The Bertz CT molecular complexity index is 630. The first kappa shape index (κ1) is 9.77. The molecule has 0 fully saturated rings. The molecule has 17 heavy (non-hydrogen) atoms. The first-order chi connectivity index (χ1) is 8.36. The summed E-state index contributed by atoms with van der Waals surface area (Å²) in [6.07, 6.45) is 1.54. The molecule has 3 aromatic rings. The van der Waals surface area contributed by atoms with Crippen LogP contribution in [0.1, 0.15) is 0 Å². The van der Waals surface area contributed by atoms with Crippen LogP contribution in [0.5, 0.6) is 6.01 Å². The highest BCUT2D eigenvalue weighted by Gasteiger charge is 2.09. The summed E-state index contributed by atoms with van der Waals surface area (Å²) >= 11 is 0. The monoisotopic (exact) mass is 227 g/mol. The van der Waals surface area contributed by atoms with Gasteiger partial charge in [-0.05, 0) is 12.1 Å². The lowest BCUT2D eigenvalue weighted by molar-refractivity contribution is 0.373. The van der Waals surface area contributed by atoms with Gasteiger partial charge in [0, 0.05) is 5.39 Å². The van der Waals surface area contributed by atoms with Gasteiger partial charge in [0.15, 0.2) is 5.76 Å². The minimum Gasteiger partial charge on any atom is -0.466 e. The van der Waals surface area contributed by atoms with Crippen molar-refractivity contribution in [1.29, 1.82) is 0 Å². The number of aromatic nitrogens is 3. The van der Waals surface area contributed by atoms with E-state index in [2.05, 4.69) is 15.2 Å². The average molecular weight is 227 g/mol. The van der Waals surface area contributed by atoms with Gasteiger partial charge in [-0.1, -0.05) is 23.3 Å². The van der Waals surface area contributed by atoms with Gasteiger partial charge in [-0.25, -0.2) is 0 Å². The molecule has 0 saturated carbocycles. The number of nitrogens with zero attached hydrogens (tertiary/aromatic N) is 3. The predicted molar refractivity (Wildman–Crippen MR) is 61.6 cm³/mol. The van der Waals surface area contributed by atoms with E-state index in [-0.39, 0.29) is 6.01 Å². The number of hydrogen-bond acceptors (Lipinski definition) is 5. The number of fused-ring (bicyclic) bond motifs is 1. The maximum Gasteiger partial charge on any atom is 0.336 e. The molecule has 5 heteroatoms. The largest absolute Gasteiger partial charge is 0.466 e. The van der Waals surface area contributed by atoms with Crippen LogP contribution in [0.2, 0.25) is 0 Å². The molecule has 0 aliphatic carbocycles. The molecule has 2 heterocycles. The number of rotatable bonds is 2. The van der Waals surface area contributed by atoms with Crippen molar-refractivity contribution in [2.24, 2.45) is 0 Å². The maximum atomic E-state index is 5.67. The number of furan rings is 1. The summed E-state index contributed by atoms with van der Waals surface area (Å²) < 4.78 is 10.6. The summed E-state index contributed by atoms with van der Waals surface area (Å²) in [7, 11) is 1.50. The molecule has 0 radical (unpaired) electrons. The molecule has 2 aromatic heterocycles. The van der Waals surface area contributed by atoms with Crippen molar-refractivity contribution in [1.82, 2.24) is 15.2 Å². The van der Waals surface area contributed by atoms with Crippen LogP contribution in [0.15, 0.2) is 40.9 Å². The summed E-state index contributed by atoms with van der Waals surface area (Å²) in [5.74, 6) is 0.652. The quantitative estimate of drug-likeness (QED) is 0.672. The van der Waals surface area contributed by atoms with Gasteiger partial charge >= 0.3 is 6.01 Å². The fourth-order valence-corrected chi connectivity index (χ4v) is 1.60. The van der Waals surface area contributed by atoms with E-state index in [9.17, 15) is 0 Å². The van der Waals surface area contributed by atoms with E-state index in [1.807, 2.05) is 30.3 Å². The first-order valence-corrected chi connectivity index (χ1v) is 5.09. The van der Waals surface area contributed by atoms with E-state index in [1.54, 1.807) is 6.20 Å². The van der Waals surface area contributed by atoms with Gasteiger partial charge < -0.3 is 9.15 Å². The van der Waals surface area contributed by atoms with Crippen molar-refractivity contribution in [3.05, 3.63) is 36.5 Å². The molecule has 0 N–H and O–H groups in total. The van der Waals surface area contributed by atoms with Crippen LogP contribution in [-0.2, 0) is 0 Å². The smallest absolute Gasteiger partial charge is 0.336 e. The predicted octanol–water partition coefficient (Wildman–Crippen LogP) is 2.29. The van der Waals surface area contributed by atoms with Crippen molar-refractivity contribution < 1.29 is 9.15 Å². The van der Waals surface area contributed by atoms with Crippen LogP contribution in [0.4, 0.5) is 0 Å². The Labute approximate surface area is 97.1 Å². The zero-order valence-electron chi connectivity index (χ0n) is 9.12. The molecule has 0 aliphatic heterocycles. The van der Waals surface area contributed by atoms with Crippen LogP contribution in [0.25, 0.3) is 22.4 Å². The topological polar surface area (TPSA) is 61.0 Å². The number of benzene rings is 1. The van der Waals surface area contributed by atoms with Gasteiger partial charge in [0.05, 0.1) is 13.3 Å². The van der Waals surface area contributed by atoms with Crippen molar-refractivity contribution in [2.75, 3.05) is 7.11 Å². The van der Waals surface area contributed by atoms with Gasteiger partial charge in [-0.15, -0.1) is 0 Å². The molecule has 1 aromatic carbocycles. The number of methoxy groups -OCH3 is 1. The van der Waals surface area contributed by atoms with E-state index < -0.39 is 0 Å². The molecule has 0 amide bonds. The Balaban J connectivity index is 2.13. The van der Waals surface area contributed by atoms with Crippen LogP contribution in [0, 0.1) is 0 Å². The average Bonchev–Trinajstić information content (AvgIpc) is 2.82. The fourth-order valence-electron chi connectivity index (χ4n) is 1.60. The lowest BCUT2D eigenvalue weighted by atomic mass is 10.2. The molecular weight excluding hydrogens is 218 g/mol. The van der Waals surface area contributed by atoms with E-state index in [1.165, 1.54) is 7.11 Å². The summed E-state index contributed by atoms with van der Waals surface area (Å²) in [6.45, 7) is 0. The summed E-state index contributed by atoms with van der Waals surface area (Å²) in [4.78, 5) is 4.17. The van der Waals surface area contributed by atoms with Gasteiger partial charge in [0.1, 0.15) is 11.3 Å². The Morgan fingerprint density at radius 1 is 1.24 bits per heavy atom. The Hall–Kier alpha value is -2.43. The van der Waals surface area contributed by atoms with Crippen LogP contribution in [-0.4, -0.2) is 22.3 Å². The highest BCUT2D eigenvalue weighted by molar-refractivity contribution is 5.81. The molecule has 3 rings (SSSR count). The molecule has 84 valence electrons. The summed E-state index contributed by atoms with van der Waals surface area (Å²) in [5, 5.41) is 8.54. The third-order valence-electron chi connectivity index (χ3n) is 2.40. The van der Waals surface area contributed by atoms with E-state index in [4.69, 9.17) is 9.15 Å². The van der Waals surface area contributed by atoms with Crippen molar-refractivity contribution in [3.8, 4) is 17.5 Å². The standard InChI is InChI=1S/C12H9N3O2/c1-16-12-14-9(7-13-15-12)11-6-8-4-2-3-5-10(8)17-11/h2-7H,1H3. The Morgan fingerprint density at radius 2 is 2.12 bits per heavy atom. The molecule has 0 spiro atoms. The second-order valence-electron chi connectivity index (χ2n) is 3.48. The second kappa shape index (κ2) is 3.86. The third-order valence-corrected chi connectivity index (χ3v) is 2.40. The number of ether oxygens (including phenoxy) is 1. The van der Waals surface area contributed by atoms with E-state index >= 15 is 0 Å². The minimum atomic E-state index is 0.225. The third kappa shape index (κ3) is 1.71. The molecule has 5 nitrogen and oxygen atoms in total. The highest BCUT2D eigenvalue weighted by atomic mass is 16.5. The van der Waals surface area contributed by atoms with E-state index in [0.717, 1.165) is 11.0 Å². The molecule has 0 unspecified atom stereocenters. The lowest BCUT2D eigenvalue weighted by Crippen LogP contribution is -1.95. The molecule has 0 aliphatic rings. The van der Waals surface area contributed by atoms with Crippen LogP contribution < -0.4 is 4.74 Å². The second-order valence-corrected chi connectivity index (χ2v) is 3.48. The SMILES string of the molecule is COc1nncc(-c2cc3ccccc3o2)n1. The number of para-hydroxylation sites is 1. The van der Waals surface area contributed by atoms with Crippen molar-refractivity contribution >= 4 is 11.0 Å². The fraction of sp³-hybridized carbons (Fsp3) is 0.0833. The zero-order chi connectivity index (χ0) is 11.7. The van der Waals surface area contributed by atoms with Crippen molar-refractivity contribution in [3.63, 3.8) is 0 Å². The number of hydrogen-bond donors (Lipinski definition) is 0. The van der Waals surface area contributed by atoms with Crippen LogP contribution in [0.3, 0.4) is 0 Å². The Morgan fingerprint density at radius 3 is 2.94 bits per heavy atom. The van der Waals surface area contributed by atoms with Gasteiger partial charge in [0.25, 0.3) is 0 Å². The molecule has 0 bridgehead atoms. The molecule has 0 atom stereocenters. The normalized spacial score (nSPS) is 10.6. The van der Waals surface area contributed by atoms with Gasteiger partial charge in [-0.2, -0.15) is 10.1 Å². The Kier molecular flexibility index (Phi) is 2.22. The molecule has 0 saturated heterocycles. The van der Waals surface area contributed by atoms with E-state index in [0.29, 0.717) is 11.5 Å². The van der Waals surface area contributed by atoms with Gasteiger partial charge in [0.2, 0.25) is 0 Å². The maximum absolute atomic E-state index is 5.67. The minimum absolute atomic E-state index is 0.225. The zero-order valence-corrected chi connectivity index (χ0v) is 9.12. The lowest BCUT2D eigenvalue weighted by Gasteiger charge is -1.97. The summed E-state index contributed by atoms with van der Waals surface area (Å²) in [6, 6.07) is 9.91. The van der Waals surface area contributed by atoms with Gasteiger partial charge in [-0.3, -0.25) is 0 Å². The van der Waals surface area contributed by atoms with Crippen molar-refractivity contribution in [2.45, 2.75) is 0 Å².